The molecule has 0 amide bonds. The summed E-state index contributed by atoms with van der Waals surface area (Å²) in [5, 5.41) is 3.23. The van der Waals surface area contributed by atoms with E-state index in [4.69, 9.17) is 14.4 Å². The first-order valence-corrected chi connectivity index (χ1v) is 13.8. The van der Waals surface area contributed by atoms with Crippen LogP contribution in [-0.2, 0) is 0 Å². The molecule has 0 spiro atoms. The zero-order chi connectivity index (χ0) is 27.2. The molecular weight excluding hydrogens is 500 g/mol. The van der Waals surface area contributed by atoms with E-state index in [0.29, 0.717) is 5.82 Å². The largest absolute Gasteiger partial charge is 0.456 e. The number of hydrogen-bond donors (Lipinski definition) is 0. The molecule has 0 saturated carbocycles. The van der Waals surface area contributed by atoms with Gasteiger partial charge in [0, 0.05) is 27.3 Å². The fourth-order valence-electron chi connectivity index (χ4n) is 5.71. The highest BCUT2D eigenvalue weighted by Gasteiger charge is 2.18. The van der Waals surface area contributed by atoms with E-state index in [0.717, 1.165) is 60.8 Å². The third-order valence-corrected chi connectivity index (χ3v) is 7.69. The quantitative estimate of drug-likeness (QED) is 0.230. The van der Waals surface area contributed by atoms with Gasteiger partial charge in [-0.25, -0.2) is 9.97 Å². The predicted molar refractivity (Wildman–Crippen MR) is 169 cm³/mol. The summed E-state index contributed by atoms with van der Waals surface area (Å²) in [6.07, 6.45) is 0. The van der Waals surface area contributed by atoms with Crippen molar-refractivity contribution >= 4 is 32.8 Å². The average molecular weight is 525 g/mol. The first-order chi connectivity index (χ1) is 20.3. The molecule has 0 aliphatic heterocycles. The molecule has 3 nitrogen and oxygen atoms in total. The summed E-state index contributed by atoms with van der Waals surface area (Å²) in [5.41, 5.74) is 10.1. The summed E-state index contributed by atoms with van der Waals surface area (Å²) in [4.78, 5) is 10.2. The Morgan fingerprint density at radius 2 is 1.02 bits per heavy atom. The van der Waals surface area contributed by atoms with Gasteiger partial charge in [-0.2, -0.15) is 0 Å². The van der Waals surface area contributed by atoms with Crippen LogP contribution in [-0.4, -0.2) is 9.97 Å². The number of furan rings is 1. The van der Waals surface area contributed by atoms with E-state index in [2.05, 4.69) is 97.1 Å². The van der Waals surface area contributed by atoms with Gasteiger partial charge in [-0.3, -0.25) is 0 Å². The van der Waals surface area contributed by atoms with Crippen molar-refractivity contribution < 1.29 is 4.42 Å². The summed E-state index contributed by atoms with van der Waals surface area (Å²) in [6, 6.07) is 50.2. The van der Waals surface area contributed by atoms with Crippen LogP contribution in [0, 0.1) is 0 Å². The van der Waals surface area contributed by atoms with Crippen molar-refractivity contribution in [1.82, 2.24) is 9.97 Å². The van der Waals surface area contributed by atoms with Crippen LogP contribution in [0.4, 0.5) is 0 Å². The van der Waals surface area contributed by atoms with Crippen LogP contribution in [0.1, 0.15) is 0 Å². The lowest BCUT2D eigenvalue weighted by Crippen LogP contribution is -1.95. The van der Waals surface area contributed by atoms with Gasteiger partial charge in [0.1, 0.15) is 11.2 Å². The third-order valence-electron chi connectivity index (χ3n) is 7.69. The van der Waals surface area contributed by atoms with Crippen molar-refractivity contribution in [3.05, 3.63) is 146 Å². The number of para-hydroxylation sites is 2. The van der Waals surface area contributed by atoms with Gasteiger partial charge in [0.15, 0.2) is 5.82 Å². The molecule has 2 aromatic heterocycles. The number of aromatic nitrogens is 2. The summed E-state index contributed by atoms with van der Waals surface area (Å²) in [6.45, 7) is 0. The molecule has 0 bridgehead atoms. The molecule has 0 aliphatic carbocycles. The molecule has 8 rings (SSSR count). The van der Waals surface area contributed by atoms with Crippen LogP contribution in [0.3, 0.4) is 0 Å². The third kappa shape index (κ3) is 4.07. The number of nitrogens with zero attached hydrogens (tertiary/aromatic N) is 2. The van der Waals surface area contributed by atoms with E-state index in [1.165, 1.54) is 11.1 Å². The lowest BCUT2D eigenvalue weighted by atomic mass is 9.95. The highest BCUT2D eigenvalue weighted by molar-refractivity contribution is 6.13. The Kier molecular flexibility index (Phi) is 5.46. The van der Waals surface area contributed by atoms with Crippen molar-refractivity contribution in [3.8, 4) is 44.9 Å². The Bertz CT molecular complexity index is 2180. The minimum atomic E-state index is 0.673. The van der Waals surface area contributed by atoms with Gasteiger partial charge in [-0.15, -0.1) is 0 Å². The van der Waals surface area contributed by atoms with Crippen LogP contribution < -0.4 is 0 Å². The predicted octanol–water partition coefficient (Wildman–Crippen LogP) is 10.2. The van der Waals surface area contributed by atoms with Crippen LogP contribution in [0.2, 0.25) is 0 Å². The van der Waals surface area contributed by atoms with Crippen LogP contribution >= 0.6 is 0 Å². The zero-order valence-electron chi connectivity index (χ0n) is 22.2. The van der Waals surface area contributed by atoms with Crippen LogP contribution in [0.5, 0.6) is 0 Å². The molecule has 0 radical (unpaired) electrons. The molecular formula is C38H24N2O. The van der Waals surface area contributed by atoms with Crippen molar-refractivity contribution in [3.63, 3.8) is 0 Å². The minimum Gasteiger partial charge on any atom is -0.456 e. The maximum atomic E-state index is 6.42. The van der Waals surface area contributed by atoms with E-state index in [1.54, 1.807) is 0 Å². The van der Waals surface area contributed by atoms with Gasteiger partial charge in [-0.05, 0) is 46.5 Å². The Morgan fingerprint density at radius 1 is 0.415 bits per heavy atom. The maximum absolute atomic E-state index is 6.42. The van der Waals surface area contributed by atoms with E-state index in [1.807, 2.05) is 48.5 Å². The van der Waals surface area contributed by atoms with Gasteiger partial charge in [-0.1, -0.05) is 121 Å². The van der Waals surface area contributed by atoms with E-state index in [9.17, 15) is 0 Å². The van der Waals surface area contributed by atoms with Crippen LogP contribution in [0.25, 0.3) is 77.7 Å². The Labute approximate surface area is 237 Å². The molecule has 0 unspecified atom stereocenters. The van der Waals surface area contributed by atoms with Crippen molar-refractivity contribution in [1.29, 1.82) is 0 Å². The fraction of sp³-hybridized carbons (Fsp3) is 0. The highest BCUT2D eigenvalue weighted by atomic mass is 16.3. The van der Waals surface area contributed by atoms with E-state index >= 15 is 0 Å². The molecule has 0 N–H and O–H groups in total. The molecule has 6 aromatic carbocycles. The van der Waals surface area contributed by atoms with Crippen molar-refractivity contribution in [2.24, 2.45) is 0 Å². The maximum Gasteiger partial charge on any atom is 0.160 e. The van der Waals surface area contributed by atoms with Gasteiger partial charge in [0.2, 0.25) is 0 Å². The number of benzene rings is 6. The average Bonchev–Trinajstić information content (AvgIpc) is 3.43. The fourth-order valence-corrected chi connectivity index (χ4v) is 5.71. The van der Waals surface area contributed by atoms with Crippen LogP contribution in [0.15, 0.2) is 150 Å². The summed E-state index contributed by atoms with van der Waals surface area (Å²) in [5.74, 6) is 0.673. The Hall–Kier alpha value is -5.54. The molecule has 192 valence electrons. The molecule has 2 heterocycles. The summed E-state index contributed by atoms with van der Waals surface area (Å²) < 4.78 is 6.42. The molecule has 8 aromatic rings. The first-order valence-electron chi connectivity index (χ1n) is 13.8. The zero-order valence-corrected chi connectivity index (χ0v) is 22.2. The number of fused-ring (bicyclic) bond motifs is 4. The molecule has 0 atom stereocenters. The second-order valence-corrected chi connectivity index (χ2v) is 10.2. The topological polar surface area (TPSA) is 38.9 Å². The lowest BCUT2D eigenvalue weighted by molar-refractivity contribution is 0.669. The molecule has 0 saturated heterocycles. The van der Waals surface area contributed by atoms with Crippen molar-refractivity contribution in [2.75, 3.05) is 0 Å². The molecule has 0 aliphatic rings. The second-order valence-electron chi connectivity index (χ2n) is 10.2. The standard InChI is InChI=1S/C38H24N2O/c1-3-11-25(12-4-1)26-19-21-27(22-20-26)32-23-29(24-35-36(32)31-16-8-10-18-34(31)41-35)38-39-33-17-9-7-15-30(33)37(40-38)28-13-5-2-6-14-28/h1-24H. The monoisotopic (exact) mass is 524 g/mol. The summed E-state index contributed by atoms with van der Waals surface area (Å²) in [7, 11) is 0. The van der Waals surface area contributed by atoms with Gasteiger partial charge < -0.3 is 4.42 Å². The Morgan fingerprint density at radius 3 is 1.80 bits per heavy atom. The number of hydrogen-bond acceptors (Lipinski definition) is 3. The molecule has 3 heteroatoms. The van der Waals surface area contributed by atoms with Gasteiger partial charge >= 0.3 is 0 Å². The summed E-state index contributed by atoms with van der Waals surface area (Å²) >= 11 is 0. The van der Waals surface area contributed by atoms with E-state index in [-0.39, 0.29) is 0 Å². The Balaban J connectivity index is 1.37. The molecule has 41 heavy (non-hydrogen) atoms. The smallest absolute Gasteiger partial charge is 0.160 e. The second kappa shape index (κ2) is 9.58. The lowest BCUT2D eigenvalue weighted by Gasteiger charge is -2.12. The molecule has 0 fully saturated rings. The van der Waals surface area contributed by atoms with Gasteiger partial charge in [0.05, 0.1) is 11.2 Å². The van der Waals surface area contributed by atoms with Gasteiger partial charge in [0.25, 0.3) is 0 Å². The van der Waals surface area contributed by atoms with Crippen molar-refractivity contribution in [2.45, 2.75) is 0 Å². The normalized spacial score (nSPS) is 11.4. The SMILES string of the molecule is c1ccc(-c2ccc(-c3cc(-c4nc(-c5ccccc5)c5ccccc5n4)cc4oc5ccccc5c34)cc2)cc1. The highest BCUT2D eigenvalue weighted by Crippen LogP contribution is 2.40. The minimum absolute atomic E-state index is 0.673. The first kappa shape index (κ1) is 23.4. The number of rotatable bonds is 4. The van der Waals surface area contributed by atoms with E-state index < -0.39 is 0 Å².